The molecule has 0 saturated carbocycles. The van der Waals surface area contributed by atoms with Gasteiger partial charge in [0.15, 0.2) is 0 Å². The molecule has 3 nitrogen and oxygen atoms in total. The van der Waals surface area contributed by atoms with Gasteiger partial charge in [-0.3, -0.25) is 0 Å². The summed E-state index contributed by atoms with van der Waals surface area (Å²) in [7, 11) is 0. The fourth-order valence-corrected chi connectivity index (χ4v) is 0. The Morgan fingerprint density at radius 2 is 1.60 bits per heavy atom. The molecule has 0 bridgehead atoms. The van der Waals surface area contributed by atoms with Crippen LogP contribution in [0.25, 0.3) is 0 Å². The predicted molar refractivity (Wildman–Crippen MR) is 2.48 cm³/mol. The molecule has 0 spiro atoms. The van der Waals surface area contributed by atoms with Gasteiger partial charge in [-0.1, -0.05) is 0 Å². The van der Waals surface area contributed by atoms with Crippen LogP contribution in [0.3, 0.4) is 0 Å². The Hall–Kier alpha value is 0.0225. The fourth-order valence-electron chi connectivity index (χ4n) is 0. The van der Waals surface area contributed by atoms with Crippen molar-refractivity contribution in [2.24, 2.45) is 0 Å². The van der Waals surface area contributed by atoms with E-state index in [1.165, 1.54) is 0 Å². The molecular weight excluding hydrogens is 119 g/mol. The standard InChI is InChI=1S/Cr.FH.3O/h;1H;;;/q+1;;;;-1/p-1. The normalized spacial score (nSPS) is 11.6. The van der Waals surface area contributed by atoms with Gasteiger partial charge in [-0.25, -0.2) is 0 Å². The summed E-state index contributed by atoms with van der Waals surface area (Å²) in [5, 5.41) is 0. The van der Waals surface area contributed by atoms with E-state index in [0.717, 1.165) is 0 Å². The quantitative estimate of drug-likeness (QED) is 0.410. The predicted octanol–water partition coefficient (Wildman–Crippen LogP) is -1.01. The maximum absolute atomic E-state index is 10.2. The first-order valence-electron chi connectivity index (χ1n) is 0.654. The second-order valence-electron chi connectivity index (χ2n) is 0.393. The third-order valence-corrected chi connectivity index (χ3v) is 0. The van der Waals surface area contributed by atoms with Crippen molar-refractivity contribution in [2.75, 3.05) is 0 Å². The first-order valence-corrected chi connectivity index (χ1v) is 2.70. The number of halogens is 1. The van der Waals surface area contributed by atoms with E-state index in [1.54, 1.807) is 0 Å². The van der Waals surface area contributed by atoms with Crippen LogP contribution in [0.1, 0.15) is 0 Å². The maximum atomic E-state index is 10.2. The van der Waals surface area contributed by atoms with Gasteiger partial charge in [0.2, 0.25) is 0 Å². The van der Waals surface area contributed by atoms with E-state index in [2.05, 4.69) is 0 Å². The van der Waals surface area contributed by atoms with Crippen molar-refractivity contribution in [1.29, 1.82) is 0 Å². The second-order valence-corrected chi connectivity index (χ2v) is 1.62. The minimum absolute atomic E-state index is 6.00. The summed E-state index contributed by atoms with van der Waals surface area (Å²) in [4.78, 5) is 0. The molecule has 0 aromatic carbocycles. The molecule has 0 unspecified atom stereocenters. The summed E-state index contributed by atoms with van der Waals surface area (Å²) < 4.78 is 35.6. The van der Waals surface area contributed by atoms with Crippen molar-refractivity contribution in [1.82, 2.24) is 0 Å². The van der Waals surface area contributed by atoms with Gasteiger partial charge in [0.1, 0.15) is 0 Å². The molecule has 0 saturated heterocycles. The van der Waals surface area contributed by atoms with Gasteiger partial charge in [-0.2, -0.15) is 0 Å². The average molecular weight is 119 g/mol. The Morgan fingerprint density at radius 1 is 1.60 bits per heavy atom. The number of hydrogen-bond acceptors (Lipinski definition) is 3. The van der Waals surface area contributed by atoms with E-state index in [1.807, 2.05) is 0 Å². The summed E-state index contributed by atoms with van der Waals surface area (Å²) in [6.45, 7) is 0. The van der Waals surface area contributed by atoms with Crippen LogP contribution >= 0.6 is 0 Å². The van der Waals surface area contributed by atoms with Gasteiger partial charge in [0.25, 0.3) is 0 Å². The van der Waals surface area contributed by atoms with Gasteiger partial charge in [-0.05, 0) is 0 Å². The van der Waals surface area contributed by atoms with E-state index in [-0.39, 0.29) is 0 Å². The molecule has 0 aliphatic rings. The van der Waals surface area contributed by atoms with Crippen molar-refractivity contribution in [3.05, 3.63) is 0 Å². The molecule has 0 N–H and O–H groups in total. The summed E-state index contributed by atoms with van der Waals surface area (Å²) in [5.41, 5.74) is 0. The molecule has 0 rings (SSSR count). The first-order chi connectivity index (χ1) is 2.00. The average Bonchev–Trinajstić information content (AvgIpc) is 0.722. The van der Waals surface area contributed by atoms with E-state index in [9.17, 15) is 3.52 Å². The molecule has 0 aromatic heterocycles. The zero-order valence-electron chi connectivity index (χ0n) is 2.01. The molecule has 5 heteroatoms. The Balaban J connectivity index is 4.06. The third kappa shape index (κ3) is 32600. The molecule has 5 heavy (non-hydrogen) atoms. The Bertz CT molecular complexity index is 90.1. The molecule has 0 aliphatic heterocycles. The van der Waals surface area contributed by atoms with Crippen LogP contribution in [0.15, 0.2) is 0 Å². The summed E-state index contributed by atoms with van der Waals surface area (Å²) in [6, 6.07) is 0. The molecule has 0 radical (unpaired) electrons. The van der Waals surface area contributed by atoms with Crippen LogP contribution in [0.5, 0.6) is 0 Å². The summed E-state index contributed by atoms with van der Waals surface area (Å²) in [6.07, 6.45) is 0. The first kappa shape index (κ1) is 5.02. The molecule has 0 atom stereocenters. The van der Waals surface area contributed by atoms with Crippen molar-refractivity contribution in [2.45, 2.75) is 0 Å². The van der Waals surface area contributed by atoms with Crippen LogP contribution in [0.2, 0.25) is 0 Å². The van der Waals surface area contributed by atoms with Crippen LogP contribution < -0.4 is 4.16 Å². The van der Waals surface area contributed by atoms with E-state index in [0.29, 0.717) is 0 Å². The number of hydrogen-bond donors (Lipinski definition) is 0. The molecule has 0 heterocycles. The van der Waals surface area contributed by atoms with Gasteiger partial charge in [-0.15, -0.1) is 0 Å². The van der Waals surface area contributed by atoms with Gasteiger partial charge < -0.3 is 0 Å². The molecule has 0 aliphatic carbocycles. The minimum atomic E-state index is -6.00. The Labute approximate surface area is 29.9 Å². The van der Waals surface area contributed by atoms with Crippen LogP contribution in [-0.4, -0.2) is 0 Å². The summed E-state index contributed by atoms with van der Waals surface area (Å²) >= 11 is -6.00. The molecular formula is CrFO3-. The number of rotatable bonds is 0. The van der Waals surface area contributed by atoms with Crippen molar-refractivity contribution in [3.63, 3.8) is 0 Å². The van der Waals surface area contributed by atoms with E-state index < -0.39 is 13.7 Å². The molecule has 32 valence electrons. The zero-order chi connectivity index (χ0) is 4.50. The zero-order valence-corrected chi connectivity index (χ0v) is 3.29. The van der Waals surface area contributed by atoms with Crippen molar-refractivity contribution in [3.8, 4) is 0 Å². The van der Waals surface area contributed by atoms with Crippen LogP contribution in [0, 0.1) is 0 Å². The van der Waals surface area contributed by atoms with E-state index in [4.69, 9.17) is 11.8 Å². The SMILES string of the molecule is [O]=[Cr](=[O])([O-])[F]. The van der Waals surface area contributed by atoms with Crippen molar-refractivity contribution >= 4 is 0 Å². The van der Waals surface area contributed by atoms with Gasteiger partial charge in [0.05, 0.1) is 0 Å². The van der Waals surface area contributed by atoms with Crippen LogP contribution in [0.4, 0.5) is 3.52 Å². The Kier molecular flexibility index (Phi) is 1.02. The van der Waals surface area contributed by atoms with Crippen molar-refractivity contribution < 1.29 is 29.0 Å². The van der Waals surface area contributed by atoms with Gasteiger partial charge in [0, 0.05) is 0 Å². The van der Waals surface area contributed by atoms with Crippen LogP contribution in [-0.2, 0) is 21.3 Å². The molecule has 0 amide bonds. The molecule has 0 aromatic rings. The summed E-state index contributed by atoms with van der Waals surface area (Å²) in [5.74, 6) is 0. The fraction of sp³-hybridized carbons (Fsp3) is 0. The molecule has 0 fully saturated rings. The topological polar surface area (TPSA) is 57.2 Å². The third-order valence-electron chi connectivity index (χ3n) is 0. The second kappa shape index (κ2) is 1.01. The van der Waals surface area contributed by atoms with E-state index >= 15 is 0 Å². The van der Waals surface area contributed by atoms with Gasteiger partial charge >= 0.3 is 29.0 Å². The Morgan fingerprint density at radius 3 is 1.60 bits per heavy atom. The monoisotopic (exact) mass is 119 g/mol.